The molecule has 0 bridgehead atoms. The predicted octanol–water partition coefficient (Wildman–Crippen LogP) is 6.47. The fourth-order valence-corrected chi connectivity index (χ4v) is 4.18. The second kappa shape index (κ2) is 10.6. The number of halogens is 3. The summed E-state index contributed by atoms with van der Waals surface area (Å²) in [5.74, 6) is -0.964. The largest absolute Gasteiger partial charge is 0.491 e. The molecule has 10 heteroatoms. The third-order valence-corrected chi connectivity index (χ3v) is 5.82. The Hall–Kier alpha value is -3.52. The summed E-state index contributed by atoms with van der Waals surface area (Å²) in [6.45, 7) is 3.87. The van der Waals surface area contributed by atoms with Crippen LogP contribution in [0.5, 0.6) is 5.75 Å². The summed E-state index contributed by atoms with van der Waals surface area (Å²) < 4.78 is 5.60. The number of hydrogen-bond acceptors (Lipinski definition) is 5. The minimum Gasteiger partial charge on any atom is -0.491 e. The molecule has 0 aliphatic carbocycles. The van der Waals surface area contributed by atoms with Crippen LogP contribution in [0.4, 0.5) is 17.1 Å². The van der Waals surface area contributed by atoms with Crippen molar-refractivity contribution in [3.8, 4) is 5.75 Å². The van der Waals surface area contributed by atoms with Crippen LogP contribution in [0.2, 0.25) is 10.0 Å². The molecule has 1 aliphatic rings. The fraction of sp³-hybridized carbons (Fsp3) is 0.115. The predicted molar refractivity (Wildman–Crippen MR) is 142 cm³/mol. The molecule has 7 nitrogen and oxygen atoms in total. The minimum atomic E-state index is -0.705. The maximum atomic E-state index is 13.0. The molecule has 3 aromatic carbocycles. The van der Waals surface area contributed by atoms with Crippen molar-refractivity contribution in [2.75, 3.05) is 15.5 Å². The van der Waals surface area contributed by atoms with Gasteiger partial charge in [0.05, 0.1) is 11.8 Å². The standard InChI is InChI=1S/C26H20Cl3N3O4/c1-14(2)36-21-9-7-19(8-10-21)31-24(33)15-3-5-18(6-4-15)30-23-22(29)25(34)32(26(23)35)20-12-16(27)11-17(28)13-20/h3-14,30H,1-2H3,(H,31,33). The Balaban J connectivity index is 1.44. The number of anilines is 3. The van der Waals surface area contributed by atoms with Crippen molar-refractivity contribution < 1.29 is 19.1 Å². The van der Waals surface area contributed by atoms with Gasteiger partial charge in [0, 0.05) is 27.0 Å². The van der Waals surface area contributed by atoms with Crippen molar-refractivity contribution in [2.45, 2.75) is 20.0 Å². The SMILES string of the molecule is CC(C)Oc1ccc(NC(=O)c2ccc(NC3=C(Cl)C(=O)N(c4cc(Cl)cc(Cl)c4)C3=O)cc2)cc1. The lowest BCUT2D eigenvalue weighted by atomic mass is 10.2. The van der Waals surface area contributed by atoms with Gasteiger partial charge < -0.3 is 15.4 Å². The Labute approximate surface area is 222 Å². The second-order valence-electron chi connectivity index (χ2n) is 8.11. The zero-order valence-corrected chi connectivity index (χ0v) is 21.4. The third-order valence-electron chi connectivity index (χ3n) is 5.03. The molecule has 36 heavy (non-hydrogen) atoms. The number of amides is 3. The summed E-state index contributed by atoms with van der Waals surface area (Å²) in [6.07, 6.45) is 0.0549. The van der Waals surface area contributed by atoms with Crippen LogP contribution >= 0.6 is 34.8 Å². The van der Waals surface area contributed by atoms with E-state index in [2.05, 4.69) is 10.6 Å². The van der Waals surface area contributed by atoms with Crippen LogP contribution in [0.3, 0.4) is 0 Å². The lowest BCUT2D eigenvalue weighted by molar-refractivity contribution is -0.120. The molecule has 0 aromatic heterocycles. The first kappa shape index (κ1) is 25.6. The van der Waals surface area contributed by atoms with Gasteiger partial charge in [-0.1, -0.05) is 34.8 Å². The van der Waals surface area contributed by atoms with Crippen molar-refractivity contribution in [2.24, 2.45) is 0 Å². The number of carbonyl (C=O) groups is 3. The summed E-state index contributed by atoms with van der Waals surface area (Å²) in [4.78, 5) is 39.1. The van der Waals surface area contributed by atoms with Gasteiger partial charge in [-0.15, -0.1) is 0 Å². The molecule has 0 radical (unpaired) electrons. The Morgan fingerprint density at radius 1 is 0.833 bits per heavy atom. The first-order valence-electron chi connectivity index (χ1n) is 10.8. The summed E-state index contributed by atoms with van der Waals surface area (Å²) in [5.41, 5.74) is 1.58. The summed E-state index contributed by atoms with van der Waals surface area (Å²) >= 11 is 18.2. The van der Waals surface area contributed by atoms with Crippen molar-refractivity contribution >= 4 is 69.6 Å². The third kappa shape index (κ3) is 5.65. The molecule has 3 aromatic rings. The Morgan fingerprint density at radius 2 is 1.42 bits per heavy atom. The summed E-state index contributed by atoms with van der Waals surface area (Å²) in [6, 6.07) is 17.8. The number of ether oxygens (including phenoxy) is 1. The van der Waals surface area contributed by atoms with Crippen LogP contribution in [0, 0.1) is 0 Å². The zero-order chi connectivity index (χ0) is 26.0. The first-order valence-corrected chi connectivity index (χ1v) is 12.0. The van der Waals surface area contributed by atoms with E-state index in [4.69, 9.17) is 39.5 Å². The molecule has 0 atom stereocenters. The van der Waals surface area contributed by atoms with Crippen molar-refractivity contribution in [3.05, 3.63) is 93.1 Å². The van der Waals surface area contributed by atoms with E-state index in [-0.39, 0.29) is 38.5 Å². The number of nitrogens with zero attached hydrogens (tertiary/aromatic N) is 1. The topological polar surface area (TPSA) is 87.7 Å². The maximum Gasteiger partial charge on any atom is 0.283 e. The molecule has 0 fully saturated rings. The molecule has 184 valence electrons. The van der Waals surface area contributed by atoms with E-state index in [9.17, 15) is 14.4 Å². The van der Waals surface area contributed by atoms with E-state index in [1.165, 1.54) is 18.2 Å². The van der Waals surface area contributed by atoms with Crippen LogP contribution in [0.1, 0.15) is 24.2 Å². The van der Waals surface area contributed by atoms with Gasteiger partial charge in [0.2, 0.25) is 0 Å². The number of benzene rings is 3. The molecule has 1 aliphatic heterocycles. The number of hydrogen-bond donors (Lipinski definition) is 2. The maximum absolute atomic E-state index is 13.0. The lowest BCUT2D eigenvalue weighted by Crippen LogP contribution is -2.32. The van der Waals surface area contributed by atoms with Gasteiger partial charge in [-0.25, -0.2) is 4.90 Å². The Kier molecular flexibility index (Phi) is 7.54. The van der Waals surface area contributed by atoms with E-state index < -0.39 is 11.8 Å². The van der Waals surface area contributed by atoms with E-state index in [0.717, 1.165) is 4.90 Å². The van der Waals surface area contributed by atoms with Crippen LogP contribution < -0.4 is 20.3 Å². The first-order chi connectivity index (χ1) is 17.1. The molecule has 0 unspecified atom stereocenters. The average Bonchev–Trinajstić information content (AvgIpc) is 3.03. The van der Waals surface area contributed by atoms with Crippen LogP contribution in [0.15, 0.2) is 77.5 Å². The lowest BCUT2D eigenvalue weighted by Gasteiger charge is -2.16. The van der Waals surface area contributed by atoms with Gasteiger partial charge in [-0.2, -0.15) is 0 Å². The van der Waals surface area contributed by atoms with Crippen LogP contribution in [0.25, 0.3) is 0 Å². The molecular weight excluding hydrogens is 525 g/mol. The molecule has 0 saturated carbocycles. The van der Waals surface area contributed by atoms with E-state index >= 15 is 0 Å². The molecule has 1 heterocycles. The second-order valence-corrected chi connectivity index (χ2v) is 9.36. The highest BCUT2D eigenvalue weighted by atomic mass is 35.5. The van der Waals surface area contributed by atoms with Crippen LogP contribution in [-0.2, 0) is 9.59 Å². The zero-order valence-electron chi connectivity index (χ0n) is 19.1. The molecule has 4 rings (SSSR count). The summed E-state index contributed by atoms with van der Waals surface area (Å²) in [5, 5.41) is 5.93. The van der Waals surface area contributed by atoms with E-state index in [1.54, 1.807) is 48.5 Å². The normalized spacial score (nSPS) is 13.4. The van der Waals surface area contributed by atoms with Gasteiger partial charge in [0.25, 0.3) is 17.7 Å². The Bertz CT molecular complexity index is 1350. The minimum absolute atomic E-state index is 0.0549. The molecule has 0 spiro atoms. The molecule has 0 saturated heterocycles. The van der Waals surface area contributed by atoms with Gasteiger partial charge >= 0.3 is 0 Å². The number of carbonyl (C=O) groups excluding carboxylic acids is 3. The summed E-state index contributed by atoms with van der Waals surface area (Å²) in [7, 11) is 0. The van der Waals surface area contributed by atoms with Gasteiger partial charge in [-0.3, -0.25) is 14.4 Å². The van der Waals surface area contributed by atoms with Crippen LogP contribution in [-0.4, -0.2) is 23.8 Å². The highest BCUT2D eigenvalue weighted by Gasteiger charge is 2.39. The van der Waals surface area contributed by atoms with Gasteiger partial charge in [-0.05, 0) is 80.6 Å². The van der Waals surface area contributed by atoms with E-state index in [1.807, 2.05) is 13.8 Å². The quantitative estimate of drug-likeness (QED) is 0.333. The number of rotatable bonds is 7. The van der Waals surface area contributed by atoms with Gasteiger partial charge in [0.15, 0.2) is 0 Å². The average molecular weight is 545 g/mol. The highest BCUT2D eigenvalue weighted by molar-refractivity contribution is 6.53. The fourth-order valence-electron chi connectivity index (χ4n) is 3.46. The monoisotopic (exact) mass is 543 g/mol. The highest BCUT2D eigenvalue weighted by Crippen LogP contribution is 2.33. The Morgan fingerprint density at radius 3 is 2.00 bits per heavy atom. The molecular formula is C26H20Cl3N3O4. The van der Waals surface area contributed by atoms with Crippen molar-refractivity contribution in [1.29, 1.82) is 0 Å². The van der Waals surface area contributed by atoms with Gasteiger partial charge in [0.1, 0.15) is 16.5 Å². The molecule has 2 N–H and O–H groups in total. The van der Waals surface area contributed by atoms with Crippen molar-refractivity contribution in [3.63, 3.8) is 0 Å². The van der Waals surface area contributed by atoms with E-state index in [0.29, 0.717) is 22.7 Å². The molecule has 3 amide bonds. The van der Waals surface area contributed by atoms with Crippen molar-refractivity contribution in [1.82, 2.24) is 0 Å². The number of nitrogens with one attached hydrogen (secondary N) is 2. The smallest absolute Gasteiger partial charge is 0.283 e. The number of imide groups is 1.